The van der Waals surface area contributed by atoms with Crippen LogP contribution in [0.15, 0.2) is 0 Å². The molecule has 0 radical (unpaired) electrons. The number of aryl methyl sites for hydroxylation is 1. The molecule has 2 amide bonds. The van der Waals surface area contributed by atoms with Crippen LogP contribution in [-0.4, -0.2) is 56.6 Å². The van der Waals surface area contributed by atoms with Gasteiger partial charge in [-0.2, -0.15) is 0 Å². The van der Waals surface area contributed by atoms with Gasteiger partial charge in [-0.25, -0.2) is 0 Å². The number of amides is 2. The first-order valence-corrected chi connectivity index (χ1v) is 11.4. The lowest BCUT2D eigenvalue weighted by Gasteiger charge is -2.23. The molecule has 0 saturated carbocycles. The zero-order chi connectivity index (χ0) is 19.8. The zero-order valence-electron chi connectivity index (χ0n) is 17.0. The second-order valence-electron chi connectivity index (χ2n) is 7.76. The van der Waals surface area contributed by atoms with E-state index in [1.165, 1.54) is 24.1 Å². The number of likely N-dealkylation sites (tertiary alicyclic amines) is 1. The SMILES string of the molecule is COCCNC(=O)c1c(NC(=O)CN2CCCCCCC2)sc2c1CCCC2. The fourth-order valence-electron chi connectivity index (χ4n) is 4.09. The normalized spacial score (nSPS) is 18.0. The van der Waals surface area contributed by atoms with Crippen LogP contribution in [0.25, 0.3) is 0 Å². The summed E-state index contributed by atoms with van der Waals surface area (Å²) in [5.41, 5.74) is 1.81. The van der Waals surface area contributed by atoms with Crippen molar-refractivity contribution in [2.24, 2.45) is 0 Å². The molecule has 28 heavy (non-hydrogen) atoms. The molecule has 0 spiro atoms. The zero-order valence-corrected chi connectivity index (χ0v) is 17.8. The fourth-order valence-corrected chi connectivity index (χ4v) is 5.39. The van der Waals surface area contributed by atoms with E-state index in [1.807, 2.05) is 0 Å². The highest BCUT2D eigenvalue weighted by Gasteiger charge is 2.26. The monoisotopic (exact) mass is 407 g/mol. The topological polar surface area (TPSA) is 70.7 Å². The summed E-state index contributed by atoms with van der Waals surface area (Å²) in [6.45, 7) is 3.33. The van der Waals surface area contributed by atoms with Crippen molar-refractivity contribution in [3.05, 3.63) is 16.0 Å². The van der Waals surface area contributed by atoms with Crippen LogP contribution in [0, 0.1) is 0 Å². The summed E-state index contributed by atoms with van der Waals surface area (Å²) >= 11 is 1.58. The summed E-state index contributed by atoms with van der Waals surface area (Å²) in [4.78, 5) is 29.0. The molecule has 1 fully saturated rings. The number of hydrogen-bond donors (Lipinski definition) is 2. The van der Waals surface area contributed by atoms with Crippen molar-refractivity contribution in [1.29, 1.82) is 0 Å². The molecule has 0 bridgehead atoms. The number of rotatable bonds is 7. The number of carbonyl (C=O) groups is 2. The Hall–Kier alpha value is -1.44. The highest BCUT2D eigenvalue weighted by atomic mass is 32.1. The molecule has 1 aliphatic heterocycles. The van der Waals surface area contributed by atoms with Crippen molar-refractivity contribution in [3.63, 3.8) is 0 Å². The summed E-state index contributed by atoms with van der Waals surface area (Å²) in [5.74, 6) is -0.108. The van der Waals surface area contributed by atoms with Crippen LogP contribution in [0.4, 0.5) is 5.00 Å². The minimum absolute atomic E-state index is 0.00916. The molecule has 1 aromatic heterocycles. The van der Waals surface area contributed by atoms with Gasteiger partial charge in [-0.05, 0) is 57.2 Å². The van der Waals surface area contributed by atoms with E-state index in [9.17, 15) is 9.59 Å². The number of hydrogen-bond acceptors (Lipinski definition) is 5. The first-order chi connectivity index (χ1) is 13.7. The second kappa shape index (κ2) is 10.9. The highest BCUT2D eigenvalue weighted by molar-refractivity contribution is 7.17. The van der Waals surface area contributed by atoms with Crippen molar-refractivity contribution in [1.82, 2.24) is 10.2 Å². The molecule has 2 N–H and O–H groups in total. The van der Waals surface area contributed by atoms with Gasteiger partial charge in [0.1, 0.15) is 5.00 Å². The lowest BCUT2D eigenvalue weighted by Crippen LogP contribution is -2.35. The fraction of sp³-hybridized carbons (Fsp3) is 0.714. The third-order valence-electron chi connectivity index (χ3n) is 5.56. The van der Waals surface area contributed by atoms with Crippen molar-refractivity contribution in [2.75, 3.05) is 45.2 Å². The number of methoxy groups -OCH3 is 1. The van der Waals surface area contributed by atoms with E-state index in [0.29, 0.717) is 25.3 Å². The van der Waals surface area contributed by atoms with Gasteiger partial charge in [-0.3, -0.25) is 14.5 Å². The van der Waals surface area contributed by atoms with Gasteiger partial charge in [0.25, 0.3) is 5.91 Å². The van der Waals surface area contributed by atoms with Gasteiger partial charge in [-0.1, -0.05) is 19.3 Å². The van der Waals surface area contributed by atoms with E-state index >= 15 is 0 Å². The molecule has 3 rings (SSSR count). The van der Waals surface area contributed by atoms with E-state index in [2.05, 4.69) is 15.5 Å². The minimum Gasteiger partial charge on any atom is -0.383 e. The lowest BCUT2D eigenvalue weighted by atomic mass is 9.95. The Morgan fingerprint density at radius 3 is 2.50 bits per heavy atom. The smallest absolute Gasteiger partial charge is 0.254 e. The lowest BCUT2D eigenvalue weighted by molar-refractivity contribution is -0.117. The van der Waals surface area contributed by atoms with Crippen molar-refractivity contribution in [2.45, 2.75) is 57.8 Å². The Morgan fingerprint density at radius 1 is 1.04 bits per heavy atom. The standard InChI is InChI=1S/C21H33N3O3S/c1-27-14-11-22-20(26)19-16-9-5-6-10-17(16)28-21(19)23-18(25)15-24-12-7-3-2-4-8-13-24/h2-15H2,1H3,(H,22,26)(H,23,25). The molecule has 0 aromatic carbocycles. The van der Waals surface area contributed by atoms with Crippen LogP contribution >= 0.6 is 11.3 Å². The maximum atomic E-state index is 12.8. The Morgan fingerprint density at radius 2 is 1.75 bits per heavy atom. The van der Waals surface area contributed by atoms with Crippen LogP contribution in [0.2, 0.25) is 0 Å². The van der Waals surface area contributed by atoms with Gasteiger partial charge in [0.2, 0.25) is 5.91 Å². The first-order valence-electron chi connectivity index (χ1n) is 10.6. The Balaban J connectivity index is 1.68. The molecular formula is C21H33N3O3S. The van der Waals surface area contributed by atoms with Crippen molar-refractivity contribution < 1.29 is 14.3 Å². The van der Waals surface area contributed by atoms with Crippen LogP contribution in [0.1, 0.15) is 65.7 Å². The van der Waals surface area contributed by atoms with E-state index in [0.717, 1.165) is 62.2 Å². The second-order valence-corrected chi connectivity index (χ2v) is 8.86. The van der Waals surface area contributed by atoms with Gasteiger partial charge >= 0.3 is 0 Å². The molecule has 0 unspecified atom stereocenters. The summed E-state index contributed by atoms with van der Waals surface area (Å²) in [6.07, 6.45) is 10.3. The van der Waals surface area contributed by atoms with Gasteiger partial charge in [0.15, 0.2) is 0 Å². The van der Waals surface area contributed by atoms with Crippen LogP contribution < -0.4 is 10.6 Å². The number of fused-ring (bicyclic) bond motifs is 1. The average Bonchev–Trinajstić information content (AvgIpc) is 3.01. The number of nitrogens with one attached hydrogen (secondary N) is 2. The molecule has 6 nitrogen and oxygen atoms in total. The van der Waals surface area contributed by atoms with Gasteiger partial charge in [0, 0.05) is 18.5 Å². The van der Waals surface area contributed by atoms with E-state index < -0.39 is 0 Å². The number of anilines is 1. The van der Waals surface area contributed by atoms with Crippen LogP contribution in [0.3, 0.4) is 0 Å². The molecule has 2 aliphatic rings. The highest BCUT2D eigenvalue weighted by Crippen LogP contribution is 2.38. The molecule has 1 aliphatic carbocycles. The van der Waals surface area contributed by atoms with Crippen LogP contribution in [0.5, 0.6) is 0 Å². The molecular weight excluding hydrogens is 374 g/mol. The molecule has 7 heteroatoms. The average molecular weight is 408 g/mol. The van der Waals surface area contributed by atoms with Gasteiger partial charge in [-0.15, -0.1) is 11.3 Å². The van der Waals surface area contributed by atoms with Crippen molar-refractivity contribution >= 4 is 28.2 Å². The number of thiophene rings is 1. The summed E-state index contributed by atoms with van der Waals surface area (Å²) in [7, 11) is 1.62. The number of carbonyl (C=O) groups excluding carboxylic acids is 2. The Kier molecular flexibility index (Phi) is 8.30. The minimum atomic E-state index is -0.0991. The van der Waals surface area contributed by atoms with Gasteiger partial charge < -0.3 is 15.4 Å². The number of ether oxygens (including phenoxy) is 1. The summed E-state index contributed by atoms with van der Waals surface area (Å²) < 4.78 is 5.03. The molecule has 0 atom stereocenters. The molecule has 1 saturated heterocycles. The van der Waals surface area contributed by atoms with Crippen LogP contribution in [-0.2, 0) is 22.4 Å². The van der Waals surface area contributed by atoms with Gasteiger partial charge in [0.05, 0.1) is 18.7 Å². The summed E-state index contributed by atoms with van der Waals surface area (Å²) in [5, 5.41) is 6.72. The predicted molar refractivity (Wildman–Crippen MR) is 113 cm³/mol. The Labute approximate surface area is 172 Å². The Bertz CT molecular complexity index is 666. The summed E-state index contributed by atoms with van der Waals surface area (Å²) in [6, 6.07) is 0. The molecule has 1 aromatic rings. The largest absolute Gasteiger partial charge is 0.383 e. The third kappa shape index (κ3) is 5.78. The molecule has 156 valence electrons. The van der Waals surface area contributed by atoms with E-state index in [4.69, 9.17) is 4.74 Å². The van der Waals surface area contributed by atoms with Crippen molar-refractivity contribution in [3.8, 4) is 0 Å². The third-order valence-corrected chi connectivity index (χ3v) is 6.77. The molecule has 2 heterocycles. The van der Waals surface area contributed by atoms with E-state index in [-0.39, 0.29) is 11.8 Å². The van der Waals surface area contributed by atoms with E-state index in [1.54, 1.807) is 18.4 Å². The number of nitrogens with zero attached hydrogens (tertiary/aromatic N) is 1. The maximum absolute atomic E-state index is 12.8. The predicted octanol–water partition coefficient (Wildman–Crippen LogP) is 3.21. The quantitative estimate of drug-likeness (QED) is 0.681. The maximum Gasteiger partial charge on any atom is 0.254 e. The first kappa shape index (κ1) is 21.3.